The molecule has 2 heterocycles. The monoisotopic (exact) mass is 520 g/mol. The molecule has 1 fully saturated rings. The number of rotatable bonds is 5. The summed E-state index contributed by atoms with van der Waals surface area (Å²) in [6.45, 7) is 5.13. The zero-order valence-corrected chi connectivity index (χ0v) is 22.8. The first-order valence-electron chi connectivity index (χ1n) is 13.7. The van der Waals surface area contributed by atoms with Gasteiger partial charge in [0.05, 0.1) is 32.4 Å². The van der Waals surface area contributed by atoms with Crippen LogP contribution >= 0.6 is 0 Å². The number of hydrogen-bond donors (Lipinski definition) is 0. The Bertz CT molecular complexity index is 1260. The molecule has 2 aromatic rings. The van der Waals surface area contributed by atoms with Crippen molar-refractivity contribution in [3.63, 3.8) is 0 Å². The molecule has 0 saturated heterocycles. The van der Waals surface area contributed by atoms with Crippen LogP contribution in [-0.2, 0) is 33.7 Å². The van der Waals surface area contributed by atoms with Crippen molar-refractivity contribution in [2.24, 2.45) is 22.7 Å². The molecule has 7 heteroatoms. The number of halogens is 1. The summed E-state index contributed by atoms with van der Waals surface area (Å²) in [5.41, 5.74) is 7.34. The van der Waals surface area contributed by atoms with Crippen molar-refractivity contribution >= 4 is 23.5 Å². The van der Waals surface area contributed by atoms with E-state index in [0.717, 1.165) is 55.3 Å². The fourth-order valence-corrected chi connectivity index (χ4v) is 6.65. The van der Waals surface area contributed by atoms with Gasteiger partial charge in [0.2, 0.25) is 0 Å². The maximum absolute atomic E-state index is 14.4. The highest BCUT2D eigenvalue weighted by Gasteiger charge is 2.40. The number of esters is 1. The van der Waals surface area contributed by atoms with Crippen LogP contribution in [0.5, 0.6) is 0 Å². The Morgan fingerprint density at radius 2 is 1.87 bits per heavy atom. The lowest BCUT2D eigenvalue weighted by Crippen LogP contribution is -2.35. The third-order valence-electron chi connectivity index (χ3n) is 8.78. The number of benzene rings is 2. The maximum Gasteiger partial charge on any atom is 0.409 e. The molecule has 1 saturated carbocycles. The van der Waals surface area contributed by atoms with Gasteiger partial charge in [0.15, 0.2) is 0 Å². The number of ether oxygens (including phenoxy) is 2. The molecule has 2 atom stereocenters. The number of aliphatic imine (C=N–C) groups is 1. The highest BCUT2D eigenvalue weighted by molar-refractivity contribution is 6.01. The lowest BCUT2D eigenvalue weighted by atomic mass is 9.72. The van der Waals surface area contributed by atoms with E-state index < -0.39 is 0 Å². The van der Waals surface area contributed by atoms with Crippen molar-refractivity contribution in [2.45, 2.75) is 64.8 Å². The second-order valence-corrected chi connectivity index (χ2v) is 11.1. The Balaban J connectivity index is 1.48. The van der Waals surface area contributed by atoms with Crippen LogP contribution in [0.1, 0.15) is 66.3 Å². The third-order valence-corrected chi connectivity index (χ3v) is 8.78. The number of hydrogen-bond acceptors (Lipinski definition) is 5. The van der Waals surface area contributed by atoms with Crippen LogP contribution < -0.4 is 0 Å². The number of fused-ring (bicyclic) bond motifs is 3. The smallest absolute Gasteiger partial charge is 0.409 e. The van der Waals surface area contributed by atoms with Gasteiger partial charge in [-0.25, -0.2) is 9.18 Å². The van der Waals surface area contributed by atoms with Gasteiger partial charge in [-0.1, -0.05) is 31.2 Å². The molecule has 0 radical (unpaired) electrons. The van der Waals surface area contributed by atoms with Gasteiger partial charge in [0.1, 0.15) is 5.82 Å². The predicted molar refractivity (Wildman–Crippen MR) is 144 cm³/mol. The van der Waals surface area contributed by atoms with E-state index in [1.165, 1.54) is 31.1 Å². The summed E-state index contributed by atoms with van der Waals surface area (Å²) < 4.78 is 24.4. The van der Waals surface area contributed by atoms with Crippen LogP contribution in [0.15, 0.2) is 35.3 Å². The molecule has 6 nitrogen and oxygen atoms in total. The van der Waals surface area contributed by atoms with E-state index in [2.05, 4.69) is 19.1 Å². The minimum absolute atomic E-state index is 0.0478. The molecule has 202 valence electrons. The lowest BCUT2D eigenvalue weighted by molar-refractivity contribution is -0.146. The van der Waals surface area contributed by atoms with Gasteiger partial charge in [0, 0.05) is 23.7 Å². The van der Waals surface area contributed by atoms with E-state index >= 15 is 0 Å². The minimum atomic E-state index is -0.317. The molecule has 0 spiro atoms. The Kier molecular flexibility index (Phi) is 7.55. The van der Waals surface area contributed by atoms with Crippen molar-refractivity contribution < 1.29 is 23.5 Å². The summed E-state index contributed by atoms with van der Waals surface area (Å²) in [4.78, 5) is 31.5. The lowest BCUT2D eigenvalue weighted by Gasteiger charge is -2.32. The Morgan fingerprint density at radius 3 is 2.55 bits per heavy atom. The molecule has 2 aromatic carbocycles. The van der Waals surface area contributed by atoms with Gasteiger partial charge < -0.3 is 14.4 Å². The molecule has 5 rings (SSSR count). The van der Waals surface area contributed by atoms with Gasteiger partial charge >= 0.3 is 12.1 Å². The van der Waals surface area contributed by atoms with Crippen molar-refractivity contribution in [3.05, 3.63) is 64.0 Å². The molecule has 38 heavy (non-hydrogen) atoms. The number of methoxy groups -OCH3 is 2. The summed E-state index contributed by atoms with van der Waals surface area (Å²) in [6, 6.07) is 9.93. The first kappa shape index (κ1) is 26.4. The first-order valence-corrected chi connectivity index (χ1v) is 13.7. The van der Waals surface area contributed by atoms with Crippen molar-refractivity contribution in [2.75, 3.05) is 20.8 Å². The maximum atomic E-state index is 14.4. The Labute approximate surface area is 224 Å². The van der Waals surface area contributed by atoms with Crippen molar-refractivity contribution in [1.29, 1.82) is 0 Å². The zero-order valence-electron chi connectivity index (χ0n) is 22.8. The van der Waals surface area contributed by atoms with Crippen LogP contribution in [0.3, 0.4) is 0 Å². The Hall–Kier alpha value is -3.22. The minimum Gasteiger partial charge on any atom is -0.469 e. The predicted octanol–water partition coefficient (Wildman–Crippen LogP) is 6.29. The van der Waals surface area contributed by atoms with Gasteiger partial charge in [-0.05, 0) is 85.6 Å². The average molecular weight is 521 g/mol. The van der Waals surface area contributed by atoms with Crippen LogP contribution in [0.4, 0.5) is 14.9 Å². The fourth-order valence-electron chi connectivity index (χ4n) is 6.65. The van der Waals surface area contributed by atoms with E-state index in [-0.39, 0.29) is 41.6 Å². The van der Waals surface area contributed by atoms with Gasteiger partial charge in [-0.3, -0.25) is 9.79 Å². The number of aryl methyl sites for hydroxylation is 1. The number of carbonyl (C=O) groups is 2. The number of amides is 1. The van der Waals surface area contributed by atoms with Crippen molar-refractivity contribution in [3.8, 4) is 0 Å². The standard InChI is InChI=1S/C31H37FN2O4/c1-18-5-6-20(16-26(18)32)15-19(2)27-24-12-11-21-13-14-34(31(36)38-4)17-25(21)29(24)33-28(27)22-7-9-23(10-8-22)30(35)37-3/h5-6,11-12,16,19,22-23,27H,7-10,13-15,17H2,1-4H3. The molecular weight excluding hydrogens is 483 g/mol. The summed E-state index contributed by atoms with van der Waals surface area (Å²) in [7, 11) is 2.87. The van der Waals surface area contributed by atoms with E-state index in [4.69, 9.17) is 14.5 Å². The highest BCUT2D eigenvalue weighted by atomic mass is 19.1. The summed E-state index contributed by atoms with van der Waals surface area (Å²) in [5, 5.41) is 0. The van der Waals surface area contributed by atoms with E-state index in [0.29, 0.717) is 18.7 Å². The molecule has 0 N–H and O–H groups in total. The molecule has 1 aliphatic carbocycles. The topological polar surface area (TPSA) is 68.2 Å². The molecule has 1 amide bonds. The average Bonchev–Trinajstić information content (AvgIpc) is 3.34. The second kappa shape index (κ2) is 10.9. The molecule has 0 bridgehead atoms. The Morgan fingerprint density at radius 1 is 1.11 bits per heavy atom. The second-order valence-electron chi connectivity index (χ2n) is 11.1. The normalized spacial score (nSPS) is 23.2. The van der Waals surface area contributed by atoms with Crippen molar-refractivity contribution in [1.82, 2.24) is 4.90 Å². The molecule has 3 aliphatic rings. The summed E-state index contributed by atoms with van der Waals surface area (Å²) in [5.74, 6) is 0.244. The van der Waals surface area contributed by atoms with Crippen LogP contribution in [0.25, 0.3) is 0 Å². The largest absolute Gasteiger partial charge is 0.469 e. The molecular formula is C31H37FN2O4. The molecule has 2 unspecified atom stereocenters. The van der Waals surface area contributed by atoms with Crippen LogP contribution in [0, 0.1) is 30.5 Å². The van der Waals surface area contributed by atoms with Crippen LogP contribution in [0.2, 0.25) is 0 Å². The van der Waals surface area contributed by atoms with Crippen LogP contribution in [-0.4, -0.2) is 43.4 Å². The summed E-state index contributed by atoms with van der Waals surface area (Å²) in [6.07, 6.45) is 4.58. The highest BCUT2D eigenvalue weighted by Crippen LogP contribution is 2.49. The van der Waals surface area contributed by atoms with E-state index in [9.17, 15) is 14.0 Å². The quantitative estimate of drug-likeness (QED) is 0.435. The number of carbonyl (C=O) groups excluding carboxylic acids is 2. The molecule has 0 aromatic heterocycles. The van der Waals surface area contributed by atoms with Gasteiger partial charge in [0.25, 0.3) is 0 Å². The van der Waals surface area contributed by atoms with E-state index in [1.54, 1.807) is 17.9 Å². The third kappa shape index (κ3) is 4.95. The SMILES string of the molecule is COC(=O)C1CCC(C2=Nc3c(ccc4c3CN(C(=O)OC)CC4)C2C(C)Cc2ccc(C)c(F)c2)CC1. The fraction of sp³-hybridized carbons (Fsp3) is 0.516. The zero-order chi connectivity index (χ0) is 27.0. The van der Waals surface area contributed by atoms with Gasteiger partial charge in [-0.15, -0.1) is 0 Å². The summed E-state index contributed by atoms with van der Waals surface area (Å²) >= 11 is 0. The van der Waals surface area contributed by atoms with E-state index in [1.807, 2.05) is 12.1 Å². The molecule has 2 aliphatic heterocycles. The first-order chi connectivity index (χ1) is 18.3. The van der Waals surface area contributed by atoms with Gasteiger partial charge in [-0.2, -0.15) is 0 Å². The number of nitrogens with zero attached hydrogens (tertiary/aromatic N) is 2.